The molecular formula is C20H15N3O6. The van der Waals surface area contributed by atoms with Crippen LogP contribution in [0.2, 0.25) is 0 Å². The van der Waals surface area contributed by atoms with Gasteiger partial charge >= 0.3 is 0 Å². The number of ether oxygens (including phenoxy) is 2. The zero-order valence-electron chi connectivity index (χ0n) is 15.0. The molecule has 0 spiro atoms. The first-order chi connectivity index (χ1) is 14.1. The van der Waals surface area contributed by atoms with E-state index in [0.29, 0.717) is 28.6 Å². The number of furan rings is 1. The van der Waals surface area contributed by atoms with Crippen molar-refractivity contribution in [3.05, 3.63) is 76.5 Å². The van der Waals surface area contributed by atoms with E-state index in [1.165, 1.54) is 18.3 Å². The molecule has 1 aliphatic rings. The number of nitrogens with one attached hydrogen (secondary N) is 1. The number of carbonyl (C=O) groups excluding carboxylic acids is 1. The van der Waals surface area contributed by atoms with E-state index in [1.54, 1.807) is 42.5 Å². The summed E-state index contributed by atoms with van der Waals surface area (Å²) in [5.41, 5.74) is 3.08. The second kappa shape index (κ2) is 7.85. The standard InChI is InChI=1S/C20H15N3O6/c24-20(19-12-27-17-3-1-2-4-18(17)29-19)22-21-11-15-9-10-16(28-15)13-5-7-14(8-6-13)23(25)26/h1-11,19H,12H2,(H,22,24)/b21-11+/t19-/m0/s1. The minimum atomic E-state index is -0.811. The Morgan fingerprint density at radius 2 is 1.86 bits per heavy atom. The van der Waals surface area contributed by atoms with Gasteiger partial charge in [-0.25, -0.2) is 5.43 Å². The van der Waals surface area contributed by atoms with Crippen LogP contribution in [0.4, 0.5) is 5.69 Å². The van der Waals surface area contributed by atoms with Crippen molar-refractivity contribution in [3.63, 3.8) is 0 Å². The highest BCUT2D eigenvalue weighted by atomic mass is 16.6. The van der Waals surface area contributed by atoms with E-state index < -0.39 is 16.9 Å². The minimum Gasteiger partial charge on any atom is -0.485 e. The molecule has 4 rings (SSSR count). The Hall–Kier alpha value is -4.14. The lowest BCUT2D eigenvalue weighted by Crippen LogP contribution is -2.42. The van der Waals surface area contributed by atoms with Crippen molar-refractivity contribution >= 4 is 17.8 Å². The zero-order chi connectivity index (χ0) is 20.2. The number of amides is 1. The molecular weight excluding hydrogens is 378 g/mol. The molecule has 0 bridgehead atoms. The van der Waals surface area contributed by atoms with E-state index in [9.17, 15) is 14.9 Å². The van der Waals surface area contributed by atoms with Crippen molar-refractivity contribution in [3.8, 4) is 22.8 Å². The molecule has 9 heteroatoms. The first kappa shape index (κ1) is 18.2. The average Bonchev–Trinajstić information content (AvgIpc) is 3.22. The average molecular weight is 393 g/mol. The minimum absolute atomic E-state index is 0.00124. The molecule has 2 heterocycles. The number of para-hydroxylation sites is 2. The van der Waals surface area contributed by atoms with Gasteiger partial charge in [-0.3, -0.25) is 14.9 Å². The largest absolute Gasteiger partial charge is 0.485 e. The lowest BCUT2D eigenvalue weighted by molar-refractivity contribution is -0.384. The molecule has 1 aliphatic heterocycles. The molecule has 0 fully saturated rings. The zero-order valence-corrected chi connectivity index (χ0v) is 15.0. The van der Waals surface area contributed by atoms with Crippen molar-refractivity contribution in [2.24, 2.45) is 5.10 Å². The molecule has 0 aliphatic carbocycles. The number of benzene rings is 2. The topological polar surface area (TPSA) is 116 Å². The van der Waals surface area contributed by atoms with E-state index in [1.807, 2.05) is 6.07 Å². The monoisotopic (exact) mass is 393 g/mol. The van der Waals surface area contributed by atoms with Crippen LogP contribution in [-0.2, 0) is 4.79 Å². The summed E-state index contributed by atoms with van der Waals surface area (Å²) in [4.78, 5) is 22.4. The van der Waals surface area contributed by atoms with Crippen molar-refractivity contribution in [1.29, 1.82) is 0 Å². The van der Waals surface area contributed by atoms with Gasteiger partial charge in [0.2, 0.25) is 6.10 Å². The smallest absolute Gasteiger partial charge is 0.284 e. The lowest BCUT2D eigenvalue weighted by Gasteiger charge is -2.24. The highest BCUT2D eigenvalue weighted by Gasteiger charge is 2.27. The van der Waals surface area contributed by atoms with E-state index >= 15 is 0 Å². The first-order valence-electron chi connectivity index (χ1n) is 8.66. The van der Waals surface area contributed by atoms with Crippen molar-refractivity contribution < 1.29 is 23.6 Å². The fourth-order valence-electron chi connectivity index (χ4n) is 2.71. The summed E-state index contributed by atoms with van der Waals surface area (Å²) < 4.78 is 16.7. The van der Waals surface area contributed by atoms with Crippen molar-refractivity contribution in [1.82, 2.24) is 5.43 Å². The Morgan fingerprint density at radius 1 is 1.10 bits per heavy atom. The SMILES string of the molecule is O=C(N/N=C/c1ccc(-c2ccc([N+](=O)[O-])cc2)o1)[C@@H]1COc2ccccc2O1. The number of nitrogens with zero attached hydrogens (tertiary/aromatic N) is 2. The fraction of sp³-hybridized carbons (Fsp3) is 0.100. The molecule has 1 amide bonds. The van der Waals surface area contributed by atoms with E-state index in [2.05, 4.69) is 10.5 Å². The lowest BCUT2D eigenvalue weighted by atomic mass is 10.1. The summed E-state index contributed by atoms with van der Waals surface area (Å²) in [6.07, 6.45) is 0.541. The summed E-state index contributed by atoms with van der Waals surface area (Å²) in [6, 6.07) is 16.5. The van der Waals surface area contributed by atoms with Crippen LogP contribution in [0.15, 0.2) is 70.2 Å². The quantitative estimate of drug-likeness (QED) is 0.404. The molecule has 2 aromatic carbocycles. The molecule has 9 nitrogen and oxygen atoms in total. The molecule has 3 aromatic rings. The van der Waals surface area contributed by atoms with Crippen molar-refractivity contribution in [2.45, 2.75) is 6.10 Å². The molecule has 0 saturated heterocycles. The van der Waals surface area contributed by atoms with Gasteiger partial charge in [-0.1, -0.05) is 12.1 Å². The van der Waals surface area contributed by atoms with Crippen LogP contribution in [-0.4, -0.2) is 29.8 Å². The van der Waals surface area contributed by atoms with Crippen LogP contribution in [0.1, 0.15) is 5.76 Å². The van der Waals surface area contributed by atoms with Crippen LogP contribution in [0.25, 0.3) is 11.3 Å². The highest BCUT2D eigenvalue weighted by molar-refractivity contribution is 5.84. The van der Waals surface area contributed by atoms with E-state index in [-0.39, 0.29) is 12.3 Å². The number of carbonyl (C=O) groups is 1. The maximum Gasteiger partial charge on any atom is 0.284 e. The summed E-state index contributed by atoms with van der Waals surface area (Å²) >= 11 is 0. The van der Waals surface area contributed by atoms with Crippen LogP contribution in [0, 0.1) is 10.1 Å². The number of hydrazone groups is 1. The number of hydrogen-bond donors (Lipinski definition) is 1. The number of non-ortho nitro benzene ring substituents is 1. The summed E-state index contributed by atoms with van der Waals surface area (Å²) in [7, 11) is 0. The Balaban J connectivity index is 1.35. The molecule has 146 valence electrons. The van der Waals surface area contributed by atoms with Crippen LogP contribution in [0.5, 0.6) is 11.5 Å². The van der Waals surface area contributed by atoms with Gasteiger partial charge in [0.1, 0.15) is 18.1 Å². The third kappa shape index (κ3) is 4.08. The number of rotatable bonds is 5. The summed E-state index contributed by atoms with van der Waals surface area (Å²) in [6.45, 7) is 0.0867. The van der Waals surface area contributed by atoms with Gasteiger partial charge < -0.3 is 13.9 Å². The maximum absolute atomic E-state index is 12.2. The van der Waals surface area contributed by atoms with E-state index in [0.717, 1.165) is 0 Å². The fourth-order valence-corrected chi connectivity index (χ4v) is 2.71. The summed E-state index contributed by atoms with van der Waals surface area (Å²) in [5.74, 6) is 1.58. The predicted molar refractivity (Wildman–Crippen MR) is 103 cm³/mol. The van der Waals surface area contributed by atoms with Crippen LogP contribution in [0.3, 0.4) is 0 Å². The Bertz CT molecular complexity index is 1070. The Kier molecular flexibility index (Phi) is 4.93. The molecule has 29 heavy (non-hydrogen) atoms. The van der Waals surface area contributed by atoms with Gasteiger partial charge in [-0.05, 0) is 36.4 Å². The second-order valence-corrected chi connectivity index (χ2v) is 6.10. The third-order valence-electron chi connectivity index (χ3n) is 4.16. The van der Waals surface area contributed by atoms with Crippen molar-refractivity contribution in [2.75, 3.05) is 6.61 Å². The normalized spacial score (nSPS) is 15.2. The van der Waals surface area contributed by atoms with Gasteiger partial charge in [0, 0.05) is 17.7 Å². The molecule has 1 atom stereocenters. The second-order valence-electron chi connectivity index (χ2n) is 6.10. The number of nitro groups is 1. The van der Waals surface area contributed by atoms with Gasteiger partial charge in [-0.2, -0.15) is 5.10 Å². The molecule has 0 radical (unpaired) electrons. The van der Waals surface area contributed by atoms with Crippen LogP contribution >= 0.6 is 0 Å². The molecule has 0 saturated carbocycles. The van der Waals surface area contributed by atoms with Gasteiger partial charge in [-0.15, -0.1) is 0 Å². The third-order valence-corrected chi connectivity index (χ3v) is 4.16. The maximum atomic E-state index is 12.2. The Labute approximate surface area is 164 Å². The van der Waals surface area contributed by atoms with Crippen LogP contribution < -0.4 is 14.9 Å². The predicted octanol–water partition coefficient (Wildman–Crippen LogP) is 3.14. The van der Waals surface area contributed by atoms with E-state index in [4.69, 9.17) is 13.9 Å². The Morgan fingerprint density at radius 3 is 2.62 bits per heavy atom. The number of hydrogen-bond acceptors (Lipinski definition) is 7. The molecule has 1 N–H and O–H groups in total. The molecule has 0 unspecified atom stereocenters. The number of nitro benzene ring substituents is 1. The first-order valence-corrected chi connectivity index (χ1v) is 8.66. The van der Waals surface area contributed by atoms with Gasteiger partial charge in [0.05, 0.1) is 11.1 Å². The number of fused-ring (bicyclic) bond motifs is 1. The van der Waals surface area contributed by atoms with Gasteiger partial charge in [0.25, 0.3) is 11.6 Å². The highest BCUT2D eigenvalue weighted by Crippen LogP contribution is 2.30. The molecule has 1 aromatic heterocycles. The van der Waals surface area contributed by atoms with Gasteiger partial charge in [0.15, 0.2) is 11.5 Å². The summed E-state index contributed by atoms with van der Waals surface area (Å²) in [5, 5.41) is 14.6.